The van der Waals surface area contributed by atoms with Crippen molar-refractivity contribution in [2.24, 2.45) is 0 Å². The largest absolute Gasteiger partial charge is 0.477 e. The summed E-state index contributed by atoms with van der Waals surface area (Å²) in [6, 6.07) is 14.3. The van der Waals surface area contributed by atoms with Crippen LogP contribution in [0.4, 0.5) is 0 Å². The summed E-state index contributed by atoms with van der Waals surface area (Å²) >= 11 is 0. The van der Waals surface area contributed by atoms with Gasteiger partial charge in [-0.2, -0.15) is 0 Å². The lowest BCUT2D eigenvalue weighted by molar-refractivity contribution is 0.0690. The fraction of sp³-hybridized carbons (Fsp3) is 0.211. The first-order valence-electron chi connectivity index (χ1n) is 7.65. The minimum atomic E-state index is -0.925. The Hall–Kier alpha value is -2.59. The first-order valence-corrected chi connectivity index (χ1v) is 7.65. The smallest absolute Gasteiger partial charge is 0.352 e. The number of hydrogen-bond acceptors (Lipinski definition) is 2. The van der Waals surface area contributed by atoms with Crippen molar-refractivity contribution in [3.05, 3.63) is 70.4 Å². The highest BCUT2D eigenvalue weighted by atomic mass is 16.4. The highest BCUT2D eigenvalue weighted by Gasteiger charge is 2.16. The van der Waals surface area contributed by atoms with E-state index in [9.17, 15) is 9.90 Å². The van der Waals surface area contributed by atoms with E-state index >= 15 is 0 Å². The summed E-state index contributed by atoms with van der Waals surface area (Å²) in [5.74, 6) is -0.925. The molecule has 0 amide bonds. The quantitative estimate of drug-likeness (QED) is 0.672. The van der Waals surface area contributed by atoms with Gasteiger partial charge in [0.2, 0.25) is 0 Å². The Morgan fingerprint density at radius 1 is 1.04 bits per heavy atom. The van der Waals surface area contributed by atoms with Crippen LogP contribution < -0.4 is 5.32 Å². The third-order valence-corrected chi connectivity index (χ3v) is 4.03. The van der Waals surface area contributed by atoms with E-state index in [1.54, 1.807) is 0 Å². The Bertz CT molecular complexity index is 848. The van der Waals surface area contributed by atoms with Gasteiger partial charge in [0.1, 0.15) is 5.69 Å². The number of nitrogens with one attached hydrogen (secondary N) is 2. The van der Waals surface area contributed by atoms with Crippen LogP contribution in [0.1, 0.15) is 32.7 Å². The molecule has 23 heavy (non-hydrogen) atoms. The predicted octanol–water partition coefficient (Wildman–Crippen LogP) is 3.77. The summed E-state index contributed by atoms with van der Waals surface area (Å²) in [4.78, 5) is 14.5. The van der Waals surface area contributed by atoms with E-state index in [0.717, 1.165) is 22.0 Å². The molecule has 118 valence electrons. The van der Waals surface area contributed by atoms with Gasteiger partial charge in [0.15, 0.2) is 0 Å². The molecule has 4 heteroatoms. The molecule has 0 aliphatic heterocycles. The van der Waals surface area contributed by atoms with Gasteiger partial charge in [0.05, 0.1) is 0 Å². The second-order valence-corrected chi connectivity index (χ2v) is 5.92. The molecule has 0 bridgehead atoms. The Morgan fingerprint density at radius 2 is 1.74 bits per heavy atom. The van der Waals surface area contributed by atoms with Crippen molar-refractivity contribution in [3.8, 4) is 0 Å². The normalized spacial score (nSPS) is 11.0. The van der Waals surface area contributed by atoms with Gasteiger partial charge in [-0.05, 0) is 31.0 Å². The molecular weight excluding hydrogens is 288 g/mol. The van der Waals surface area contributed by atoms with Crippen LogP contribution in [0.25, 0.3) is 10.9 Å². The number of aryl methyl sites for hydroxylation is 2. The Labute approximate surface area is 135 Å². The van der Waals surface area contributed by atoms with Crippen LogP contribution in [0.2, 0.25) is 0 Å². The molecule has 0 saturated carbocycles. The highest BCUT2D eigenvalue weighted by Crippen LogP contribution is 2.23. The number of fused-ring (bicyclic) bond motifs is 1. The summed E-state index contributed by atoms with van der Waals surface area (Å²) in [7, 11) is 0. The lowest BCUT2D eigenvalue weighted by Crippen LogP contribution is -2.15. The Balaban J connectivity index is 1.82. The molecular formula is C19H20N2O2. The molecule has 0 radical (unpaired) electrons. The molecule has 1 heterocycles. The van der Waals surface area contributed by atoms with E-state index in [0.29, 0.717) is 13.1 Å². The number of H-pyrrole nitrogens is 1. The van der Waals surface area contributed by atoms with Crippen LogP contribution >= 0.6 is 0 Å². The SMILES string of the molecule is Cc1ccc(CNCc2c(C(=O)O)[nH]c3cc(C)ccc23)cc1. The molecule has 0 atom stereocenters. The monoisotopic (exact) mass is 308 g/mol. The predicted molar refractivity (Wildman–Crippen MR) is 91.7 cm³/mol. The lowest BCUT2D eigenvalue weighted by atomic mass is 10.1. The van der Waals surface area contributed by atoms with E-state index in [4.69, 9.17) is 0 Å². The molecule has 4 nitrogen and oxygen atoms in total. The number of carbonyl (C=O) groups is 1. The number of carboxylic acids is 1. The van der Waals surface area contributed by atoms with Crippen molar-refractivity contribution >= 4 is 16.9 Å². The zero-order valence-electron chi connectivity index (χ0n) is 13.3. The van der Waals surface area contributed by atoms with Gasteiger partial charge in [-0.15, -0.1) is 0 Å². The van der Waals surface area contributed by atoms with Crippen molar-refractivity contribution in [1.82, 2.24) is 10.3 Å². The molecule has 0 unspecified atom stereocenters. The number of aromatic carboxylic acids is 1. The van der Waals surface area contributed by atoms with Crippen molar-refractivity contribution in [2.45, 2.75) is 26.9 Å². The second-order valence-electron chi connectivity index (χ2n) is 5.92. The summed E-state index contributed by atoms with van der Waals surface area (Å²) in [6.07, 6.45) is 0. The van der Waals surface area contributed by atoms with Crippen molar-refractivity contribution < 1.29 is 9.90 Å². The zero-order valence-corrected chi connectivity index (χ0v) is 13.3. The van der Waals surface area contributed by atoms with Gasteiger partial charge < -0.3 is 15.4 Å². The summed E-state index contributed by atoms with van der Waals surface area (Å²) in [6.45, 7) is 5.27. The Morgan fingerprint density at radius 3 is 2.43 bits per heavy atom. The zero-order chi connectivity index (χ0) is 16.4. The summed E-state index contributed by atoms with van der Waals surface area (Å²) < 4.78 is 0. The molecule has 1 aromatic heterocycles. The highest BCUT2D eigenvalue weighted by molar-refractivity contribution is 5.97. The van der Waals surface area contributed by atoms with E-state index < -0.39 is 5.97 Å². The molecule has 0 saturated heterocycles. The number of hydrogen-bond donors (Lipinski definition) is 3. The summed E-state index contributed by atoms with van der Waals surface area (Å²) in [5.41, 5.74) is 5.46. The van der Waals surface area contributed by atoms with Crippen LogP contribution in [0.3, 0.4) is 0 Å². The minimum absolute atomic E-state index is 0.266. The van der Waals surface area contributed by atoms with Gasteiger partial charge in [-0.3, -0.25) is 0 Å². The van der Waals surface area contributed by atoms with Gasteiger partial charge in [0.25, 0.3) is 0 Å². The van der Waals surface area contributed by atoms with Gasteiger partial charge >= 0.3 is 5.97 Å². The number of aromatic amines is 1. The third-order valence-electron chi connectivity index (χ3n) is 4.03. The van der Waals surface area contributed by atoms with Crippen LogP contribution in [-0.4, -0.2) is 16.1 Å². The average Bonchev–Trinajstić information content (AvgIpc) is 2.87. The molecule has 2 aromatic carbocycles. The van der Waals surface area contributed by atoms with Gasteiger partial charge in [-0.1, -0.05) is 42.0 Å². The maximum atomic E-state index is 11.5. The van der Waals surface area contributed by atoms with Crippen molar-refractivity contribution in [2.75, 3.05) is 0 Å². The second kappa shape index (κ2) is 6.26. The van der Waals surface area contributed by atoms with Crippen LogP contribution in [0.15, 0.2) is 42.5 Å². The molecule has 0 fully saturated rings. The lowest BCUT2D eigenvalue weighted by Gasteiger charge is -2.06. The molecule has 3 rings (SSSR count). The fourth-order valence-corrected chi connectivity index (χ4v) is 2.77. The average molecular weight is 308 g/mol. The fourth-order valence-electron chi connectivity index (χ4n) is 2.77. The number of benzene rings is 2. The summed E-state index contributed by atoms with van der Waals surface area (Å²) in [5, 5.41) is 13.7. The maximum Gasteiger partial charge on any atom is 0.352 e. The Kier molecular flexibility index (Phi) is 4.17. The number of carboxylic acid groups (broad SMARTS) is 1. The van der Waals surface area contributed by atoms with Crippen LogP contribution in [0.5, 0.6) is 0 Å². The van der Waals surface area contributed by atoms with E-state index in [2.05, 4.69) is 41.5 Å². The van der Waals surface area contributed by atoms with E-state index in [1.165, 1.54) is 11.1 Å². The minimum Gasteiger partial charge on any atom is -0.477 e. The first kappa shape index (κ1) is 15.3. The van der Waals surface area contributed by atoms with Crippen molar-refractivity contribution in [1.29, 1.82) is 0 Å². The molecule has 3 aromatic rings. The number of aromatic nitrogens is 1. The van der Waals surface area contributed by atoms with Crippen LogP contribution in [-0.2, 0) is 13.1 Å². The van der Waals surface area contributed by atoms with Gasteiger partial charge in [-0.25, -0.2) is 4.79 Å². The molecule has 0 aliphatic rings. The molecule has 3 N–H and O–H groups in total. The van der Waals surface area contributed by atoms with E-state index in [1.807, 2.05) is 25.1 Å². The molecule has 0 spiro atoms. The maximum absolute atomic E-state index is 11.5. The van der Waals surface area contributed by atoms with Crippen molar-refractivity contribution in [3.63, 3.8) is 0 Å². The third kappa shape index (κ3) is 3.27. The molecule has 0 aliphatic carbocycles. The van der Waals surface area contributed by atoms with E-state index in [-0.39, 0.29) is 5.69 Å². The first-order chi connectivity index (χ1) is 11.0. The topological polar surface area (TPSA) is 65.1 Å². The van der Waals surface area contributed by atoms with Gasteiger partial charge in [0, 0.05) is 29.6 Å². The number of rotatable bonds is 5. The standard InChI is InChI=1S/C19H20N2O2/c1-12-3-6-14(7-4-12)10-20-11-16-15-8-5-13(2)9-17(15)21-18(16)19(22)23/h3-9,20-21H,10-11H2,1-2H3,(H,22,23). The van der Waals surface area contributed by atoms with Crippen LogP contribution in [0, 0.1) is 13.8 Å².